The maximum absolute atomic E-state index is 11.4. The first-order valence-electron chi connectivity index (χ1n) is 10.0. The number of rotatable bonds is 5. The third kappa shape index (κ3) is 5.04. The van der Waals surface area contributed by atoms with Gasteiger partial charge in [-0.05, 0) is 87.4 Å². The molecular formula is C21H33N3O. The largest absolute Gasteiger partial charge is 0.343 e. The van der Waals surface area contributed by atoms with Crippen LogP contribution in [0.3, 0.4) is 0 Å². The maximum Gasteiger partial charge on any atom is 0.219 e. The zero-order chi connectivity index (χ0) is 17.6. The summed E-state index contributed by atoms with van der Waals surface area (Å²) in [6, 6.07) is 2.74. The summed E-state index contributed by atoms with van der Waals surface area (Å²) in [7, 11) is 0. The van der Waals surface area contributed by atoms with Gasteiger partial charge in [0, 0.05) is 38.4 Å². The van der Waals surface area contributed by atoms with Crippen molar-refractivity contribution >= 4 is 5.91 Å². The molecule has 2 fully saturated rings. The van der Waals surface area contributed by atoms with Crippen LogP contribution in [0.4, 0.5) is 0 Å². The number of hydrogen-bond acceptors (Lipinski definition) is 3. The second-order valence-electron chi connectivity index (χ2n) is 7.97. The lowest BCUT2D eigenvalue weighted by molar-refractivity contribution is -0.129. The Morgan fingerprint density at radius 3 is 2.56 bits per heavy atom. The Kier molecular flexibility index (Phi) is 6.46. The number of pyridine rings is 1. The van der Waals surface area contributed by atoms with E-state index in [9.17, 15) is 4.79 Å². The molecule has 1 amide bonds. The van der Waals surface area contributed by atoms with E-state index in [0.717, 1.165) is 38.4 Å². The fraction of sp³-hybridized carbons (Fsp3) is 0.714. The second kappa shape index (κ2) is 8.79. The minimum atomic E-state index is 0.221. The number of piperidine rings is 1. The second-order valence-corrected chi connectivity index (χ2v) is 7.97. The molecule has 4 nitrogen and oxygen atoms in total. The van der Waals surface area contributed by atoms with Crippen LogP contribution in [-0.2, 0) is 4.79 Å². The van der Waals surface area contributed by atoms with Crippen molar-refractivity contribution in [3.8, 4) is 0 Å². The smallest absolute Gasteiger partial charge is 0.219 e. The van der Waals surface area contributed by atoms with Crippen molar-refractivity contribution in [2.75, 3.05) is 19.6 Å². The molecule has 0 bridgehead atoms. The van der Waals surface area contributed by atoms with Crippen molar-refractivity contribution in [2.24, 2.45) is 5.92 Å². The average molecular weight is 344 g/mol. The molecule has 2 heterocycles. The Balaban J connectivity index is 1.33. The molecule has 138 valence electrons. The van der Waals surface area contributed by atoms with Crippen LogP contribution in [0.1, 0.15) is 68.9 Å². The molecular weight excluding hydrogens is 310 g/mol. The first-order chi connectivity index (χ1) is 12.1. The van der Waals surface area contributed by atoms with Crippen molar-refractivity contribution in [3.63, 3.8) is 0 Å². The Hall–Kier alpha value is -1.42. The van der Waals surface area contributed by atoms with Gasteiger partial charge in [0.05, 0.1) is 0 Å². The molecule has 0 spiro atoms. The van der Waals surface area contributed by atoms with Crippen LogP contribution in [-0.4, -0.2) is 41.5 Å². The minimum Gasteiger partial charge on any atom is -0.343 e. The highest BCUT2D eigenvalue weighted by Crippen LogP contribution is 2.37. The van der Waals surface area contributed by atoms with Gasteiger partial charge in [0.25, 0.3) is 0 Å². The van der Waals surface area contributed by atoms with Gasteiger partial charge in [-0.1, -0.05) is 0 Å². The molecule has 2 aliphatic rings. The maximum atomic E-state index is 11.4. The van der Waals surface area contributed by atoms with Gasteiger partial charge in [0.1, 0.15) is 0 Å². The van der Waals surface area contributed by atoms with E-state index in [0.29, 0.717) is 12.0 Å². The molecule has 25 heavy (non-hydrogen) atoms. The molecule has 1 aliphatic carbocycles. The number of nitrogens with one attached hydrogen (secondary N) is 1. The molecule has 0 atom stereocenters. The van der Waals surface area contributed by atoms with Crippen LogP contribution in [0.15, 0.2) is 18.5 Å². The predicted molar refractivity (Wildman–Crippen MR) is 102 cm³/mol. The number of carbonyl (C=O) groups excluding carboxylic acids is 1. The van der Waals surface area contributed by atoms with Gasteiger partial charge in [0.2, 0.25) is 5.91 Å². The quantitative estimate of drug-likeness (QED) is 0.887. The van der Waals surface area contributed by atoms with Crippen molar-refractivity contribution in [3.05, 3.63) is 29.6 Å². The van der Waals surface area contributed by atoms with Gasteiger partial charge in [-0.3, -0.25) is 9.78 Å². The van der Waals surface area contributed by atoms with E-state index in [-0.39, 0.29) is 5.91 Å². The Morgan fingerprint density at radius 2 is 1.92 bits per heavy atom. The third-order valence-corrected chi connectivity index (χ3v) is 6.29. The SMILES string of the molecule is CC(=O)N1CCC(NCCC2CCC(c3cnccc3C)CC2)CC1. The molecule has 1 saturated heterocycles. The zero-order valence-corrected chi connectivity index (χ0v) is 15.8. The summed E-state index contributed by atoms with van der Waals surface area (Å²) in [4.78, 5) is 17.7. The first-order valence-corrected chi connectivity index (χ1v) is 10.0. The van der Waals surface area contributed by atoms with Gasteiger partial charge in [0.15, 0.2) is 0 Å². The van der Waals surface area contributed by atoms with E-state index in [4.69, 9.17) is 0 Å². The lowest BCUT2D eigenvalue weighted by Crippen LogP contribution is -2.44. The summed E-state index contributed by atoms with van der Waals surface area (Å²) >= 11 is 0. The zero-order valence-electron chi connectivity index (χ0n) is 15.8. The molecule has 1 aromatic heterocycles. The van der Waals surface area contributed by atoms with Crippen LogP contribution in [0, 0.1) is 12.8 Å². The normalized spacial score (nSPS) is 25.1. The number of likely N-dealkylation sites (tertiary alicyclic amines) is 1. The monoisotopic (exact) mass is 343 g/mol. The van der Waals surface area contributed by atoms with Crippen molar-refractivity contribution in [1.82, 2.24) is 15.2 Å². The summed E-state index contributed by atoms with van der Waals surface area (Å²) in [5.74, 6) is 1.81. The van der Waals surface area contributed by atoms with Crippen LogP contribution in [0.25, 0.3) is 0 Å². The van der Waals surface area contributed by atoms with E-state index < -0.39 is 0 Å². The molecule has 3 rings (SSSR count). The van der Waals surface area contributed by atoms with Crippen molar-refractivity contribution < 1.29 is 4.79 Å². The molecule has 0 unspecified atom stereocenters. The van der Waals surface area contributed by atoms with Gasteiger partial charge in [-0.15, -0.1) is 0 Å². The van der Waals surface area contributed by atoms with Crippen LogP contribution in [0.2, 0.25) is 0 Å². The molecule has 1 aliphatic heterocycles. The van der Waals surface area contributed by atoms with Gasteiger partial charge in [-0.2, -0.15) is 0 Å². The topological polar surface area (TPSA) is 45.2 Å². The van der Waals surface area contributed by atoms with E-state index in [1.54, 1.807) is 6.92 Å². The van der Waals surface area contributed by atoms with Crippen LogP contribution in [0.5, 0.6) is 0 Å². The molecule has 1 saturated carbocycles. The fourth-order valence-corrected chi connectivity index (χ4v) is 4.56. The predicted octanol–water partition coefficient (Wildman–Crippen LogP) is 3.65. The highest BCUT2D eigenvalue weighted by Gasteiger charge is 2.24. The van der Waals surface area contributed by atoms with Gasteiger partial charge >= 0.3 is 0 Å². The van der Waals surface area contributed by atoms with Gasteiger partial charge < -0.3 is 10.2 Å². The average Bonchev–Trinajstić information content (AvgIpc) is 2.63. The van der Waals surface area contributed by atoms with E-state index >= 15 is 0 Å². The highest BCUT2D eigenvalue weighted by atomic mass is 16.2. The summed E-state index contributed by atoms with van der Waals surface area (Å²) in [5, 5.41) is 3.73. The third-order valence-electron chi connectivity index (χ3n) is 6.29. The van der Waals surface area contributed by atoms with Crippen molar-refractivity contribution in [1.29, 1.82) is 0 Å². The number of hydrogen-bond donors (Lipinski definition) is 1. The molecule has 0 radical (unpaired) electrons. The number of amides is 1. The summed E-state index contributed by atoms with van der Waals surface area (Å²) in [6.45, 7) is 6.86. The van der Waals surface area contributed by atoms with Gasteiger partial charge in [-0.25, -0.2) is 0 Å². The number of carbonyl (C=O) groups is 1. The number of aromatic nitrogens is 1. The lowest BCUT2D eigenvalue weighted by Gasteiger charge is -2.33. The molecule has 4 heteroatoms. The van der Waals surface area contributed by atoms with E-state index in [2.05, 4.69) is 29.5 Å². The number of nitrogens with zero attached hydrogens (tertiary/aromatic N) is 2. The van der Waals surface area contributed by atoms with E-state index in [1.165, 1.54) is 43.2 Å². The molecule has 0 aromatic carbocycles. The molecule has 1 aromatic rings. The molecule has 1 N–H and O–H groups in total. The Morgan fingerprint density at radius 1 is 1.20 bits per heavy atom. The first kappa shape index (κ1) is 18.4. The summed E-state index contributed by atoms with van der Waals surface area (Å²) < 4.78 is 0. The Bertz CT molecular complexity index is 558. The standard InChI is InChI=1S/C21H33N3O/c1-16-7-11-22-15-21(16)19-5-3-18(4-6-19)8-12-23-20-9-13-24(14-10-20)17(2)25/h7,11,15,18-20,23H,3-6,8-10,12-14H2,1-2H3. The fourth-order valence-electron chi connectivity index (χ4n) is 4.56. The van der Waals surface area contributed by atoms with Crippen molar-refractivity contribution in [2.45, 2.75) is 70.8 Å². The van der Waals surface area contributed by atoms with E-state index in [1.807, 2.05) is 11.1 Å². The lowest BCUT2D eigenvalue weighted by atomic mass is 9.77. The van der Waals surface area contributed by atoms with Crippen LogP contribution < -0.4 is 5.32 Å². The number of aryl methyl sites for hydroxylation is 1. The Labute approximate surface area is 152 Å². The highest BCUT2D eigenvalue weighted by molar-refractivity contribution is 5.73. The minimum absolute atomic E-state index is 0.221. The summed E-state index contributed by atoms with van der Waals surface area (Å²) in [5.41, 5.74) is 2.87. The summed E-state index contributed by atoms with van der Waals surface area (Å²) in [6.07, 6.45) is 12.8. The van der Waals surface area contributed by atoms with Crippen LogP contribution >= 0.6 is 0 Å².